The third-order valence-corrected chi connectivity index (χ3v) is 3.41. The SMILES string of the molecule is CNC(=O)CN1CCN(C(=O)c2cccc(C)n2)CC1. The zero-order chi connectivity index (χ0) is 14.5. The number of amides is 2. The van der Waals surface area contributed by atoms with Gasteiger partial charge in [0.25, 0.3) is 5.91 Å². The molecule has 2 rings (SSSR count). The number of nitrogens with one attached hydrogen (secondary N) is 1. The molecule has 1 aliphatic rings. The van der Waals surface area contributed by atoms with Crippen LogP contribution in [0.1, 0.15) is 16.2 Å². The summed E-state index contributed by atoms with van der Waals surface area (Å²) in [6.45, 7) is 4.95. The largest absolute Gasteiger partial charge is 0.358 e. The predicted octanol–water partition coefficient (Wildman–Crippen LogP) is -0.106. The molecular formula is C14H20N4O2. The molecule has 0 saturated carbocycles. The van der Waals surface area contributed by atoms with Crippen molar-refractivity contribution < 1.29 is 9.59 Å². The number of nitrogens with zero attached hydrogens (tertiary/aromatic N) is 3. The van der Waals surface area contributed by atoms with Crippen LogP contribution in [0.2, 0.25) is 0 Å². The van der Waals surface area contributed by atoms with Gasteiger partial charge in [0, 0.05) is 38.9 Å². The number of hydrogen-bond donors (Lipinski definition) is 1. The lowest BCUT2D eigenvalue weighted by molar-refractivity contribution is -0.122. The summed E-state index contributed by atoms with van der Waals surface area (Å²) in [5.41, 5.74) is 1.33. The van der Waals surface area contributed by atoms with Crippen LogP contribution >= 0.6 is 0 Å². The average molecular weight is 276 g/mol. The Morgan fingerprint density at radius 2 is 1.95 bits per heavy atom. The first kappa shape index (κ1) is 14.5. The van der Waals surface area contributed by atoms with E-state index in [0.717, 1.165) is 5.69 Å². The summed E-state index contributed by atoms with van der Waals surface area (Å²) < 4.78 is 0. The van der Waals surface area contributed by atoms with Crippen molar-refractivity contribution in [2.45, 2.75) is 6.92 Å². The second-order valence-electron chi connectivity index (χ2n) is 4.91. The average Bonchev–Trinajstić information content (AvgIpc) is 2.47. The van der Waals surface area contributed by atoms with Crippen molar-refractivity contribution in [2.24, 2.45) is 0 Å². The van der Waals surface area contributed by atoms with Gasteiger partial charge in [-0.05, 0) is 19.1 Å². The molecule has 1 aromatic heterocycles. The minimum absolute atomic E-state index is 0.00475. The molecule has 0 unspecified atom stereocenters. The smallest absolute Gasteiger partial charge is 0.272 e. The first-order valence-corrected chi connectivity index (χ1v) is 6.76. The lowest BCUT2D eigenvalue weighted by Gasteiger charge is -2.34. The number of likely N-dealkylation sites (N-methyl/N-ethyl adjacent to an activating group) is 1. The molecule has 1 N–H and O–H groups in total. The molecule has 20 heavy (non-hydrogen) atoms. The minimum Gasteiger partial charge on any atom is -0.358 e. The van der Waals surface area contributed by atoms with Crippen LogP contribution in [-0.4, -0.2) is 66.4 Å². The van der Waals surface area contributed by atoms with Crippen molar-refractivity contribution in [3.05, 3.63) is 29.6 Å². The predicted molar refractivity (Wildman–Crippen MR) is 75.4 cm³/mol. The van der Waals surface area contributed by atoms with Gasteiger partial charge in [-0.3, -0.25) is 14.5 Å². The standard InChI is InChI=1S/C14H20N4O2/c1-11-4-3-5-12(16-11)14(20)18-8-6-17(7-9-18)10-13(19)15-2/h3-5H,6-10H2,1-2H3,(H,15,19). The van der Waals surface area contributed by atoms with Gasteiger partial charge in [0.2, 0.25) is 5.91 Å². The van der Waals surface area contributed by atoms with Crippen LogP contribution in [0.4, 0.5) is 0 Å². The van der Waals surface area contributed by atoms with E-state index in [0.29, 0.717) is 38.4 Å². The maximum Gasteiger partial charge on any atom is 0.272 e. The summed E-state index contributed by atoms with van der Waals surface area (Å²) in [6, 6.07) is 5.46. The van der Waals surface area contributed by atoms with Crippen molar-refractivity contribution >= 4 is 11.8 Å². The highest BCUT2D eigenvalue weighted by atomic mass is 16.2. The fourth-order valence-corrected chi connectivity index (χ4v) is 2.22. The van der Waals surface area contributed by atoms with Crippen LogP contribution in [0.5, 0.6) is 0 Å². The van der Waals surface area contributed by atoms with Gasteiger partial charge in [-0.1, -0.05) is 6.07 Å². The fourth-order valence-electron chi connectivity index (χ4n) is 2.22. The molecule has 0 bridgehead atoms. The number of carbonyl (C=O) groups excluding carboxylic acids is 2. The van der Waals surface area contributed by atoms with Crippen molar-refractivity contribution in [1.82, 2.24) is 20.1 Å². The maximum atomic E-state index is 12.3. The Hall–Kier alpha value is -1.95. The first-order valence-electron chi connectivity index (χ1n) is 6.76. The lowest BCUT2D eigenvalue weighted by atomic mass is 10.2. The van der Waals surface area contributed by atoms with Crippen LogP contribution in [0.3, 0.4) is 0 Å². The van der Waals surface area contributed by atoms with Crippen molar-refractivity contribution in [1.29, 1.82) is 0 Å². The number of aromatic nitrogens is 1. The van der Waals surface area contributed by atoms with Gasteiger partial charge in [0.15, 0.2) is 0 Å². The van der Waals surface area contributed by atoms with Crippen molar-refractivity contribution in [2.75, 3.05) is 39.8 Å². The van der Waals surface area contributed by atoms with Gasteiger partial charge >= 0.3 is 0 Å². The quantitative estimate of drug-likeness (QED) is 0.837. The summed E-state index contributed by atoms with van der Waals surface area (Å²) in [5.74, 6) is -0.0292. The molecule has 1 fully saturated rings. The molecule has 2 amide bonds. The van der Waals surface area contributed by atoms with Crippen LogP contribution in [0.25, 0.3) is 0 Å². The van der Waals surface area contributed by atoms with Crippen molar-refractivity contribution in [3.63, 3.8) is 0 Å². The van der Waals surface area contributed by atoms with Crippen LogP contribution in [-0.2, 0) is 4.79 Å². The minimum atomic E-state index is -0.0340. The van der Waals surface area contributed by atoms with E-state index in [4.69, 9.17) is 0 Å². The topological polar surface area (TPSA) is 65.5 Å². The van der Waals surface area contributed by atoms with E-state index in [9.17, 15) is 9.59 Å². The highest BCUT2D eigenvalue weighted by Gasteiger charge is 2.23. The molecule has 0 radical (unpaired) electrons. The second kappa shape index (κ2) is 6.47. The zero-order valence-corrected chi connectivity index (χ0v) is 11.9. The molecule has 1 aromatic rings. The molecule has 1 saturated heterocycles. The summed E-state index contributed by atoms with van der Waals surface area (Å²) in [4.78, 5) is 31.7. The van der Waals surface area contributed by atoms with Gasteiger partial charge < -0.3 is 10.2 Å². The van der Waals surface area contributed by atoms with E-state index >= 15 is 0 Å². The maximum absolute atomic E-state index is 12.3. The van der Waals surface area contributed by atoms with Gasteiger partial charge in [-0.25, -0.2) is 4.98 Å². The third kappa shape index (κ3) is 3.54. The molecule has 6 nitrogen and oxygen atoms in total. The second-order valence-corrected chi connectivity index (χ2v) is 4.91. The van der Waals surface area contributed by atoms with Crippen LogP contribution < -0.4 is 5.32 Å². The Kier molecular flexibility index (Phi) is 4.68. The van der Waals surface area contributed by atoms with Gasteiger partial charge in [0.1, 0.15) is 5.69 Å². The Labute approximate surface area is 118 Å². The summed E-state index contributed by atoms with van der Waals surface area (Å²) >= 11 is 0. The molecule has 2 heterocycles. The number of aryl methyl sites for hydroxylation is 1. The third-order valence-electron chi connectivity index (χ3n) is 3.41. The fraction of sp³-hybridized carbons (Fsp3) is 0.500. The normalized spacial score (nSPS) is 16.0. The molecule has 108 valence electrons. The highest BCUT2D eigenvalue weighted by Crippen LogP contribution is 2.07. The summed E-state index contributed by atoms with van der Waals surface area (Å²) in [5, 5.41) is 2.61. The van der Waals surface area contributed by atoms with Crippen LogP contribution in [0.15, 0.2) is 18.2 Å². The van der Waals surface area contributed by atoms with E-state index in [-0.39, 0.29) is 11.8 Å². The Morgan fingerprint density at radius 1 is 1.25 bits per heavy atom. The summed E-state index contributed by atoms with van der Waals surface area (Å²) in [6.07, 6.45) is 0. The van der Waals surface area contributed by atoms with E-state index in [1.807, 2.05) is 24.0 Å². The van der Waals surface area contributed by atoms with Gasteiger partial charge in [0.05, 0.1) is 6.54 Å². The molecular weight excluding hydrogens is 256 g/mol. The molecule has 0 atom stereocenters. The van der Waals surface area contributed by atoms with E-state index in [2.05, 4.69) is 10.3 Å². The molecule has 0 spiro atoms. The number of carbonyl (C=O) groups is 2. The van der Waals surface area contributed by atoms with Crippen molar-refractivity contribution in [3.8, 4) is 0 Å². The van der Waals surface area contributed by atoms with E-state index in [1.54, 1.807) is 18.0 Å². The summed E-state index contributed by atoms with van der Waals surface area (Å²) in [7, 11) is 1.63. The number of rotatable bonds is 3. The van der Waals surface area contributed by atoms with E-state index in [1.165, 1.54) is 0 Å². The van der Waals surface area contributed by atoms with Gasteiger partial charge in [-0.2, -0.15) is 0 Å². The Bertz CT molecular complexity index is 496. The van der Waals surface area contributed by atoms with Gasteiger partial charge in [-0.15, -0.1) is 0 Å². The van der Waals surface area contributed by atoms with Crippen LogP contribution in [0, 0.1) is 6.92 Å². The molecule has 1 aliphatic heterocycles. The Balaban J connectivity index is 1.90. The number of hydrogen-bond acceptors (Lipinski definition) is 4. The Morgan fingerprint density at radius 3 is 2.55 bits per heavy atom. The highest BCUT2D eigenvalue weighted by molar-refractivity contribution is 5.92. The molecule has 6 heteroatoms. The zero-order valence-electron chi connectivity index (χ0n) is 11.9. The molecule has 0 aliphatic carbocycles. The number of piperazine rings is 1. The number of pyridine rings is 1. The monoisotopic (exact) mass is 276 g/mol. The first-order chi connectivity index (χ1) is 9.60. The van der Waals surface area contributed by atoms with E-state index < -0.39 is 0 Å². The lowest BCUT2D eigenvalue weighted by Crippen LogP contribution is -2.51. The molecule has 0 aromatic carbocycles.